The van der Waals surface area contributed by atoms with Gasteiger partial charge in [-0.15, -0.1) is 10.2 Å². The topological polar surface area (TPSA) is 181 Å². The van der Waals surface area contributed by atoms with Crippen LogP contribution >= 0.6 is 0 Å². The number of hydrogen-bond acceptors (Lipinski definition) is 12. The number of aliphatic hydroxyl groups is 1. The number of anilines is 2. The number of pyridine rings is 2. The Balaban J connectivity index is 0.993. The fourth-order valence-electron chi connectivity index (χ4n) is 8.84. The molecule has 6 heterocycles. The molecule has 6 aromatic heterocycles. The minimum atomic E-state index is -4.37. The first-order valence-electron chi connectivity index (χ1n) is 21.2. The molecule has 6 aromatic rings. The average Bonchev–Trinajstić information content (AvgIpc) is 3.79. The summed E-state index contributed by atoms with van der Waals surface area (Å²) in [6.45, 7) is 2.85. The minimum absolute atomic E-state index is 0.0113. The molecular formula is C43H49F6N11O3S. The van der Waals surface area contributed by atoms with Gasteiger partial charge in [-0.3, -0.25) is 0 Å². The molecule has 2 aliphatic carbocycles. The Hall–Kier alpha value is -5.57. The molecule has 4 N–H and O–H groups in total. The van der Waals surface area contributed by atoms with Gasteiger partial charge in [-0.25, -0.2) is 38.0 Å². The van der Waals surface area contributed by atoms with Crippen molar-refractivity contribution in [3.05, 3.63) is 72.6 Å². The van der Waals surface area contributed by atoms with Gasteiger partial charge in [-0.2, -0.15) is 26.3 Å². The van der Waals surface area contributed by atoms with Gasteiger partial charge in [0.05, 0.1) is 52.1 Å². The minimum Gasteiger partial charge on any atom is -0.474 e. The predicted molar refractivity (Wildman–Crippen MR) is 228 cm³/mol. The van der Waals surface area contributed by atoms with E-state index in [1.165, 1.54) is 20.1 Å². The molecule has 3 atom stereocenters. The summed E-state index contributed by atoms with van der Waals surface area (Å²) in [5.41, 5.74) is 6.00. The summed E-state index contributed by atoms with van der Waals surface area (Å²) < 4.78 is 109. The van der Waals surface area contributed by atoms with Gasteiger partial charge in [0, 0.05) is 82.3 Å². The van der Waals surface area contributed by atoms with E-state index in [0.717, 1.165) is 40.9 Å². The molecule has 2 aliphatic rings. The van der Waals surface area contributed by atoms with Crippen LogP contribution in [0.15, 0.2) is 66.2 Å². The van der Waals surface area contributed by atoms with E-state index < -0.39 is 47.0 Å². The van der Waals surface area contributed by atoms with Crippen LogP contribution in [0.25, 0.3) is 33.3 Å². The highest BCUT2D eigenvalue weighted by Gasteiger charge is 2.33. The lowest BCUT2D eigenvalue weighted by atomic mass is 9.85. The van der Waals surface area contributed by atoms with Crippen LogP contribution in [0, 0.1) is 4.78 Å². The van der Waals surface area contributed by atoms with E-state index in [2.05, 4.69) is 40.8 Å². The average molecular weight is 914 g/mol. The van der Waals surface area contributed by atoms with Gasteiger partial charge in [-0.05, 0) is 95.5 Å². The van der Waals surface area contributed by atoms with Crippen molar-refractivity contribution in [1.82, 2.24) is 39.2 Å². The number of rotatable bonds is 13. The third-order valence-electron chi connectivity index (χ3n) is 11.9. The largest absolute Gasteiger partial charge is 0.474 e. The summed E-state index contributed by atoms with van der Waals surface area (Å²) in [7, 11) is -3.04. The SMILES string of the molecule is C[C@@H](CC(F)(F)F)Nc1ncc2c(-c3ccc(O[C@H]4CC[C@H](c5cc(-c6ccc(S(C)(=N)=O)nc6)c6cnc(N[C@@H](C)CC(F)(F)F)nn65)CC4)nc3)cc([C@H]3CC[C@H](O)CC3)n2n1. The molecule has 0 spiro atoms. The zero-order chi connectivity index (χ0) is 45.6. The molecule has 342 valence electrons. The molecule has 2 fully saturated rings. The van der Waals surface area contributed by atoms with Crippen LogP contribution in [0.2, 0.25) is 0 Å². The van der Waals surface area contributed by atoms with Crippen LogP contribution in [-0.4, -0.2) is 91.4 Å². The third-order valence-corrected chi connectivity index (χ3v) is 12.9. The van der Waals surface area contributed by atoms with Crippen LogP contribution in [0.1, 0.15) is 101 Å². The maximum absolute atomic E-state index is 13.1. The molecule has 0 aliphatic heterocycles. The van der Waals surface area contributed by atoms with Gasteiger partial charge < -0.3 is 20.5 Å². The fourth-order valence-corrected chi connectivity index (χ4v) is 9.42. The Bertz CT molecular complexity index is 2690. The molecule has 0 aromatic carbocycles. The molecule has 64 heavy (non-hydrogen) atoms. The second kappa shape index (κ2) is 17.8. The van der Waals surface area contributed by atoms with Crippen LogP contribution < -0.4 is 15.4 Å². The number of alkyl halides is 6. The summed E-state index contributed by atoms with van der Waals surface area (Å²) in [5.74, 6) is 0.657. The summed E-state index contributed by atoms with van der Waals surface area (Å²) in [4.78, 5) is 17.6. The fraction of sp³-hybridized carbons (Fsp3) is 0.488. The molecule has 0 saturated heterocycles. The van der Waals surface area contributed by atoms with E-state index in [0.29, 0.717) is 61.0 Å². The second-order valence-electron chi connectivity index (χ2n) is 17.2. The van der Waals surface area contributed by atoms with Crippen molar-refractivity contribution in [2.45, 2.75) is 132 Å². The van der Waals surface area contributed by atoms with E-state index in [-0.39, 0.29) is 41.0 Å². The number of nitrogens with zero attached hydrogens (tertiary/aromatic N) is 8. The first-order chi connectivity index (χ1) is 30.3. The maximum atomic E-state index is 13.1. The van der Waals surface area contributed by atoms with Crippen LogP contribution in [0.3, 0.4) is 0 Å². The van der Waals surface area contributed by atoms with Crippen molar-refractivity contribution in [3.8, 4) is 28.1 Å². The normalized spacial score (nSPS) is 21.7. The molecule has 0 radical (unpaired) electrons. The Kier molecular flexibility index (Phi) is 12.5. The number of ether oxygens (including phenoxy) is 1. The molecule has 0 bridgehead atoms. The summed E-state index contributed by atoms with van der Waals surface area (Å²) in [5, 5.41) is 25.2. The lowest BCUT2D eigenvalue weighted by Crippen LogP contribution is -2.26. The Morgan fingerprint density at radius 3 is 1.61 bits per heavy atom. The van der Waals surface area contributed by atoms with E-state index >= 15 is 0 Å². The van der Waals surface area contributed by atoms with Gasteiger partial charge >= 0.3 is 12.4 Å². The maximum Gasteiger partial charge on any atom is 0.391 e. The number of aliphatic hydroxyl groups excluding tert-OH is 1. The highest BCUT2D eigenvalue weighted by atomic mass is 32.2. The van der Waals surface area contributed by atoms with E-state index in [9.17, 15) is 35.7 Å². The molecular weight excluding hydrogens is 865 g/mol. The van der Waals surface area contributed by atoms with Crippen LogP contribution in [-0.2, 0) is 9.73 Å². The van der Waals surface area contributed by atoms with Crippen molar-refractivity contribution in [3.63, 3.8) is 0 Å². The smallest absolute Gasteiger partial charge is 0.391 e. The highest BCUT2D eigenvalue weighted by molar-refractivity contribution is 7.91. The monoisotopic (exact) mass is 913 g/mol. The van der Waals surface area contributed by atoms with Crippen molar-refractivity contribution < 1.29 is 40.4 Å². The van der Waals surface area contributed by atoms with Gasteiger partial charge in [0.1, 0.15) is 11.1 Å². The standard InChI is InChI=1S/C43H49F6N11O3S/c1-24(18-42(44,45)46)55-40-53-22-36-32(16-34(59(36)57-40)26-4-10-30(61)11-5-26)28-8-14-38(51-20-28)63-31-12-6-27(7-13-31)35-17-33(29-9-15-39(52-21-29)64(3,50)62)37-23-54-41(58-60(35)37)56-25(2)19-43(47,48)49/h8-9,14-17,20-27,30-31,50,61H,4-7,10-13,18-19H2,1-3H3,(H,55,57)(H,56,58)/t24-,25-,26-,27-,30-,31-,64?/m0/s1. The van der Waals surface area contributed by atoms with Crippen molar-refractivity contribution in [2.24, 2.45) is 0 Å². The summed E-state index contributed by atoms with van der Waals surface area (Å²) in [6, 6.07) is 9.06. The number of hydrogen-bond donors (Lipinski definition) is 4. The lowest BCUT2D eigenvalue weighted by molar-refractivity contribution is -0.137. The molecule has 2 saturated carbocycles. The molecule has 1 unspecified atom stereocenters. The Morgan fingerprint density at radius 1 is 0.719 bits per heavy atom. The predicted octanol–water partition coefficient (Wildman–Crippen LogP) is 9.56. The molecule has 21 heteroatoms. The molecule has 8 rings (SSSR count). The van der Waals surface area contributed by atoms with Gasteiger partial charge in [0.25, 0.3) is 0 Å². The third kappa shape index (κ3) is 10.5. The first-order valence-corrected chi connectivity index (χ1v) is 23.2. The second-order valence-corrected chi connectivity index (χ2v) is 19.3. The lowest BCUT2D eigenvalue weighted by Gasteiger charge is -2.28. The number of fused-ring (bicyclic) bond motifs is 2. The number of nitrogens with one attached hydrogen (secondary N) is 3. The summed E-state index contributed by atoms with van der Waals surface area (Å²) >= 11 is 0. The quantitative estimate of drug-likeness (QED) is 0.0811. The molecule has 14 nitrogen and oxygen atoms in total. The van der Waals surface area contributed by atoms with E-state index in [1.807, 2.05) is 18.2 Å². The van der Waals surface area contributed by atoms with E-state index in [1.54, 1.807) is 52.0 Å². The van der Waals surface area contributed by atoms with Gasteiger partial charge in [0.15, 0.2) is 0 Å². The van der Waals surface area contributed by atoms with Crippen molar-refractivity contribution in [1.29, 1.82) is 4.78 Å². The van der Waals surface area contributed by atoms with Crippen LogP contribution in [0.4, 0.5) is 38.2 Å². The zero-order valence-electron chi connectivity index (χ0n) is 35.3. The number of aromatic nitrogens is 8. The van der Waals surface area contributed by atoms with Gasteiger partial charge in [-0.1, -0.05) is 0 Å². The Labute approximate surface area is 365 Å². The van der Waals surface area contributed by atoms with Crippen molar-refractivity contribution >= 4 is 32.7 Å². The van der Waals surface area contributed by atoms with Gasteiger partial charge in [0.2, 0.25) is 17.8 Å². The van der Waals surface area contributed by atoms with Crippen LogP contribution in [0.5, 0.6) is 5.88 Å². The molecule has 0 amide bonds. The summed E-state index contributed by atoms with van der Waals surface area (Å²) in [6.07, 6.45) is 1.90. The number of halogens is 6. The van der Waals surface area contributed by atoms with E-state index in [4.69, 9.17) is 9.52 Å². The first kappa shape index (κ1) is 45.0. The highest BCUT2D eigenvalue weighted by Crippen LogP contribution is 2.40. The Morgan fingerprint density at radius 2 is 1.19 bits per heavy atom. The van der Waals surface area contributed by atoms with Crippen molar-refractivity contribution in [2.75, 3.05) is 16.9 Å². The zero-order valence-corrected chi connectivity index (χ0v) is 36.1.